The third-order valence-corrected chi connectivity index (χ3v) is 6.06. The van der Waals surface area contributed by atoms with Crippen LogP contribution in [0.4, 0.5) is 0 Å². The molecule has 0 saturated heterocycles. The average molecular weight is 383 g/mol. The average Bonchev–Trinajstić information content (AvgIpc) is 2.60. The van der Waals surface area contributed by atoms with Crippen molar-refractivity contribution in [3.63, 3.8) is 0 Å². The second-order valence-electron chi connectivity index (χ2n) is 7.36. The fourth-order valence-electron chi connectivity index (χ4n) is 3.63. The van der Waals surface area contributed by atoms with Crippen LogP contribution in [-0.2, 0) is 35.8 Å². The Bertz CT molecular complexity index is 648. The lowest BCUT2D eigenvalue weighted by molar-refractivity contribution is 0.481. The molecule has 4 heteroatoms. The third kappa shape index (κ3) is 6.70. The molecular weight excluding hydrogens is 344 g/mol. The number of rotatable bonds is 13. The summed E-state index contributed by atoms with van der Waals surface area (Å²) in [6.45, 7) is 8.64. The summed E-state index contributed by atoms with van der Waals surface area (Å²) < 4.78 is 34.2. The van der Waals surface area contributed by atoms with E-state index in [1.807, 2.05) is 0 Å². The van der Waals surface area contributed by atoms with E-state index in [4.69, 9.17) is 0 Å². The Kier molecular flexibility index (Phi) is 10.5. The summed E-state index contributed by atoms with van der Waals surface area (Å²) in [5.41, 5.74) is 4.61. The van der Waals surface area contributed by atoms with Crippen LogP contribution in [0, 0.1) is 0 Å². The van der Waals surface area contributed by atoms with E-state index >= 15 is 0 Å². The second kappa shape index (κ2) is 11.8. The first kappa shape index (κ1) is 23.2. The van der Waals surface area contributed by atoms with Gasteiger partial charge in [0.1, 0.15) is 0 Å². The predicted octanol–water partition coefficient (Wildman–Crippen LogP) is 6.30. The van der Waals surface area contributed by atoms with Crippen molar-refractivity contribution in [2.45, 2.75) is 110 Å². The van der Waals surface area contributed by atoms with Crippen LogP contribution in [-0.4, -0.2) is 13.0 Å². The molecule has 1 aromatic rings. The Labute approximate surface area is 161 Å². The second-order valence-corrected chi connectivity index (χ2v) is 8.75. The molecule has 0 heterocycles. The molecule has 0 spiro atoms. The fourth-order valence-corrected chi connectivity index (χ4v) is 4.45. The van der Waals surface area contributed by atoms with Crippen molar-refractivity contribution < 1.29 is 13.0 Å². The summed E-state index contributed by atoms with van der Waals surface area (Å²) in [5.74, 6) is 0. The van der Waals surface area contributed by atoms with Gasteiger partial charge in [-0.3, -0.25) is 4.55 Å². The Balaban J connectivity index is 3.63. The summed E-state index contributed by atoms with van der Waals surface area (Å²) in [6, 6.07) is 1.79. The molecule has 1 N–H and O–H groups in total. The molecule has 0 aliphatic heterocycles. The fraction of sp³-hybridized carbons (Fsp3) is 0.727. The van der Waals surface area contributed by atoms with Gasteiger partial charge in [0.15, 0.2) is 0 Å². The van der Waals surface area contributed by atoms with Gasteiger partial charge in [-0.2, -0.15) is 8.42 Å². The van der Waals surface area contributed by atoms with E-state index in [2.05, 4.69) is 27.7 Å². The van der Waals surface area contributed by atoms with Crippen LogP contribution in [0.15, 0.2) is 11.0 Å². The lowest BCUT2D eigenvalue weighted by atomic mass is 9.86. The zero-order valence-electron chi connectivity index (χ0n) is 17.2. The van der Waals surface area contributed by atoms with Gasteiger partial charge in [-0.15, -0.1) is 0 Å². The van der Waals surface area contributed by atoms with Crippen molar-refractivity contribution in [2.75, 3.05) is 0 Å². The molecule has 0 saturated carbocycles. The van der Waals surface area contributed by atoms with E-state index < -0.39 is 10.1 Å². The van der Waals surface area contributed by atoms with Crippen LogP contribution in [0.1, 0.15) is 101 Å². The first-order valence-corrected chi connectivity index (χ1v) is 12.0. The largest absolute Gasteiger partial charge is 0.294 e. The van der Waals surface area contributed by atoms with E-state index in [0.717, 1.165) is 88.2 Å². The number of aryl methyl sites for hydroxylation is 1. The van der Waals surface area contributed by atoms with Crippen molar-refractivity contribution >= 4 is 10.1 Å². The molecule has 0 radical (unpaired) electrons. The highest BCUT2D eigenvalue weighted by Gasteiger charge is 2.23. The van der Waals surface area contributed by atoms with E-state index in [1.54, 1.807) is 6.07 Å². The van der Waals surface area contributed by atoms with E-state index in [9.17, 15) is 13.0 Å². The van der Waals surface area contributed by atoms with Gasteiger partial charge in [-0.05, 0) is 79.7 Å². The smallest absolute Gasteiger partial charge is 0.282 e. The minimum absolute atomic E-state index is 0.170. The molecule has 0 atom stereocenters. The molecule has 0 bridgehead atoms. The number of unbranched alkanes of at least 4 members (excludes halogenated alkanes) is 4. The summed E-state index contributed by atoms with van der Waals surface area (Å²) in [6.07, 6.45) is 12.0. The zero-order chi connectivity index (χ0) is 19.6. The van der Waals surface area contributed by atoms with Gasteiger partial charge in [-0.1, -0.05) is 53.4 Å². The molecule has 1 aromatic carbocycles. The molecule has 0 aliphatic rings. The van der Waals surface area contributed by atoms with Crippen molar-refractivity contribution in [2.24, 2.45) is 0 Å². The van der Waals surface area contributed by atoms with Crippen molar-refractivity contribution in [1.29, 1.82) is 0 Å². The van der Waals surface area contributed by atoms with Crippen LogP contribution in [0.2, 0.25) is 0 Å². The molecular formula is C22H38O3S. The minimum atomic E-state index is -4.20. The summed E-state index contributed by atoms with van der Waals surface area (Å²) >= 11 is 0. The van der Waals surface area contributed by atoms with Gasteiger partial charge in [-0.25, -0.2) is 0 Å². The Morgan fingerprint density at radius 3 is 1.58 bits per heavy atom. The molecule has 0 fully saturated rings. The first-order chi connectivity index (χ1) is 12.4. The van der Waals surface area contributed by atoms with Crippen LogP contribution in [0.3, 0.4) is 0 Å². The molecule has 1 rings (SSSR count). The monoisotopic (exact) mass is 382 g/mol. The van der Waals surface area contributed by atoms with Gasteiger partial charge in [0.2, 0.25) is 0 Å². The van der Waals surface area contributed by atoms with Gasteiger partial charge in [0, 0.05) is 0 Å². The van der Waals surface area contributed by atoms with Gasteiger partial charge in [0.25, 0.3) is 10.1 Å². The number of hydrogen-bond acceptors (Lipinski definition) is 2. The topological polar surface area (TPSA) is 54.4 Å². The number of benzene rings is 1. The SMILES string of the molecule is CCCCc1cc(S(=O)(=O)O)c(CCCC)c(CCCC)c1CCCC. The van der Waals surface area contributed by atoms with Crippen LogP contribution in [0.5, 0.6) is 0 Å². The molecule has 0 unspecified atom stereocenters. The molecule has 150 valence electrons. The van der Waals surface area contributed by atoms with E-state index in [-0.39, 0.29) is 4.90 Å². The summed E-state index contributed by atoms with van der Waals surface area (Å²) in [4.78, 5) is 0.170. The van der Waals surface area contributed by atoms with Crippen LogP contribution in [0.25, 0.3) is 0 Å². The Hall–Kier alpha value is -0.870. The van der Waals surface area contributed by atoms with Crippen LogP contribution >= 0.6 is 0 Å². The third-order valence-electron chi connectivity index (χ3n) is 5.14. The standard InChI is InChI=1S/C22H38O3S/c1-5-9-13-18-17-22(26(23,24)25)21(16-12-8-4)20(15-11-7-3)19(18)14-10-6-2/h17H,5-16H2,1-4H3,(H,23,24,25). The highest BCUT2D eigenvalue weighted by atomic mass is 32.2. The zero-order valence-corrected chi connectivity index (χ0v) is 18.1. The highest BCUT2D eigenvalue weighted by Crippen LogP contribution is 2.32. The molecule has 26 heavy (non-hydrogen) atoms. The Morgan fingerprint density at radius 1 is 0.692 bits per heavy atom. The molecule has 0 aliphatic carbocycles. The quantitative estimate of drug-likeness (QED) is 0.407. The lowest BCUT2D eigenvalue weighted by Crippen LogP contribution is -2.13. The normalized spacial score (nSPS) is 11.9. The maximum Gasteiger partial charge on any atom is 0.294 e. The van der Waals surface area contributed by atoms with Gasteiger partial charge in [0.05, 0.1) is 4.90 Å². The maximum atomic E-state index is 12.1. The first-order valence-electron chi connectivity index (χ1n) is 10.5. The van der Waals surface area contributed by atoms with Crippen LogP contribution < -0.4 is 0 Å². The molecule has 3 nitrogen and oxygen atoms in total. The van der Waals surface area contributed by atoms with Gasteiger partial charge < -0.3 is 0 Å². The maximum absolute atomic E-state index is 12.1. The molecule has 0 aromatic heterocycles. The minimum Gasteiger partial charge on any atom is -0.282 e. The number of hydrogen-bond donors (Lipinski definition) is 1. The summed E-state index contributed by atoms with van der Waals surface area (Å²) in [5, 5.41) is 0. The van der Waals surface area contributed by atoms with Gasteiger partial charge >= 0.3 is 0 Å². The lowest BCUT2D eigenvalue weighted by Gasteiger charge is -2.22. The molecule has 0 amide bonds. The predicted molar refractivity (Wildman–Crippen MR) is 111 cm³/mol. The van der Waals surface area contributed by atoms with Crippen molar-refractivity contribution in [3.05, 3.63) is 28.3 Å². The highest BCUT2D eigenvalue weighted by molar-refractivity contribution is 7.85. The van der Waals surface area contributed by atoms with Crippen molar-refractivity contribution in [3.8, 4) is 0 Å². The van der Waals surface area contributed by atoms with E-state index in [0.29, 0.717) is 0 Å². The van der Waals surface area contributed by atoms with Crippen molar-refractivity contribution in [1.82, 2.24) is 0 Å². The summed E-state index contributed by atoms with van der Waals surface area (Å²) in [7, 11) is -4.20. The van der Waals surface area contributed by atoms with E-state index in [1.165, 1.54) is 11.1 Å². The Morgan fingerprint density at radius 2 is 1.12 bits per heavy atom.